The van der Waals surface area contributed by atoms with Gasteiger partial charge in [0.2, 0.25) is 5.91 Å². The number of nitrogens with two attached hydrogens (primary N) is 1. The minimum atomic E-state index is -0.788. The Labute approximate surface area is 151 Å². The van der Waals surface area contributed by atoms with E-state index in [1.54, 1.807) is 12.5 Å². The Balaban J connectivity index is 1.65. The van der Waals surface area contributed by atoms with Gasteiger partial charge in [0.05, 0.1) is 6.33 Å². The molecule has 2 amide bonds. The predicted molar refractivity (Wildman–Crippen MR) is 98.4 cm³/mol. The van der Waals surface area contributed by atoms with Crippen LogP contribution < -0.4 is 11.1 Å². The van der Waals surface area contributed by atoms with Gasteiger partial charge in [-0.1, -0.05) is 60.7 Å². The first-order valence-corrected chi connectivity index (χ1v) is 8.31. The highest BCUT2D eigenvalue weighted by Gasteiger charge is 2.20. The summed E-state index contributed by atoms with van der Waals surface area (Å²) in [6.45, 7) is 0.615. The van der Waals surface area contributed by atoms with E-state index >= 15 is 0 Å². The van der Waals surface area contributed by atoms with Crippen LogP contribution in [0.1, 0.15) is 21.6 Å². The van der Waals surface area contributed by atoms with E-state index in [9.17, 15) is 9.59 Å². The van der Waals surface area contributed by atoms with Crippen molar-refractivity contribution >= 4 is 11.8 Å². The van der Waals surface area contributed by atoms with Crippen LogP contribution in [0.3, 0.4) is 0 Å². The number of amides is 2. The molecule has 0 aliphatic rings. The molecule has 26 heavy (non-hydrogen) atoms. The van der Waals surface area contributed by atoms with Gasteiger partial charge in [0.1, 0.15) is 11.7 Å². The summed E-state index contributed by atoms with van der Waals surface area (Å²) in [5.41, 5.74) is 7.72. The summed E-state index contributed by atoms with van der Waals surface area (Å²) >= 11 is 0. The first kappa shape index (κ1) is 17.4. The lowest BCUT2D eigenvalue weighted by atomic mass is 10.1. The van der Waals surface area contributed by atoms with Crippen LogP contribution in [0.5, 0.6) is 0 Å². The Hall–Kier alpha value is -3.41. The highest BCUT2D eigenvalue weighted by molar-refractivity contribution is 5.95. The minimum Gasteiger partial charge on any atom is -0.368 e. The molecule has 1 heterocycles. The fourth-order valence-electron chi connectivity index (χ4n) is 2.66. The molecule has 0 saturated heterocycles. The molecule has 3 rings (SSSR count). The van der Waals surface area contributed by atoms with Crippen LogP contribution in [0.15, 0.2) is 73.2 Å². The van der Waals surface area contributed by atoms with Crippen molar-refractivity contribution in [3.8, 4) is 0 Å². The number of nitrogens with zero attached hydrogens (tertiary/aromatic N) is 2. The third-order valence-corrected chi connectivity index (χ3v) is 4.01. The van der Waals surface area contributed by atoms with Crippen LogP contribution in [0, 0.1) is 0 Å². The molecule has 0 saturated carbocycles. The van der Waals surface area contributed by atoms with Crippen molar-refractivity contribution in [3.05, 3.63) is 90.0 Å². The van der Waals surface area contributed by atoms with E-state index in [4.69, 9.17) is 5.73 Å². The van der Waals surface area contributed by atoms with E-state index in [1.807, 2.05) is 65.2 Å². The summed E-state index contributed by atoms with van der Waals surface area (Å²) in [4.78, 5) is 28.3. The Bertz CT molecular complexity index is 875. The lowest BCUT2D eigenvalue weighted by Gasteiger charge is -2.14. The summed E-state index contributed by atoms with van der Waals surface area (Å²) in [5, 5.41) is 2.67. The predicted octanol–water partition coefficient (Wildman–Crippen LogP) is 1.76. The van der Waals surface area contributed by atoms with Crippen molar-refractivity contribution in [1.29, 1.82) is 0 Å². The fourth-order valence-corrected chi connectivity index (χ4v) is 2.66. The first-order valence-electron chi connectivity index (χ1n) is 8.31. The number of carbonyl (C=O) groups excluding carboxylic acids is 2. The summed E-state index contributed by atoms with van der Waals surface area (Å²) < 4.78 is 1.82. The number of hydrogen-bond acceptors (Lipinski definition) is 3. The molecule has 0 aliphatic carbocycles. The van der Waals surface area contributed by atoms with Crippen LogP contribution in [0.4, 0.5) is 0 Å². The molecule has 3 N–H and O–H groups in total. The molecule has 1 atom stereocenters. The zero-order valence-electron chi connectivity index (χ0n) is 14.2. The van der Waals surface area contributed by atoms with Gasteiger partial charge >= 0.3 is 0 Å². The molecule has 1 aromatic heterocycles. The number of benzene rings is 2. The van der Waals surface area contributed by atoms with Crippen molar-refractivity contribution in [2.45, 2.75) is 19.0 Å². The van der Waals surface area contributed by atoms with Gasteiger partial charge < -0.3 is 15.6 Å². The molecule has 0 aliphatic heterocycles. The van der Waals surface area contributed by atoms with Crippen LogP contribution in [0.25, 0.3) is 0 Å². The van der Waals surface area contributed by atoms with Crippen LogP contribution >= 0.6 is 0 Å². The van der Waals surface area contributed by atoms with Crippen molar-refractivity contribution < 1.29 is 9.59 Å². The number of nitrogens with one attached hydrogen (secondary N) is 1. The molecule has 6 heteroatoms. The second-order valence-electron chi connectivity index (χ2n) is 6.03. The third kappa shape index (κ3) is 4.57. The van der Waals surface area contributed by atoms with Crippen LogP contribution in [-0.2, 0) is 17.8 Å². The Kier molecular flexibility index (Phi) is 5.43. The summed E-state index contributed by atoms with van der Waals surface area (Å²) in [5.74, 6) is -0.998. The Morgan fingerprint density at radius 1 is 1.00 bits per heavy atom. The number of rotatable bonds is 7. The summed E-state index contributed by atoms with van der Waals surface area (Å²) in [6, 6.07) is 18.5. The van der Waals surface area contributed by atoms with Gasteiger partial charge in [-0.15, -0.1) is 0 Å². The van der Waals surface area contributed by atoms with Gasteiger partial charge in [-0.25, -0.2) is 4.98 Å². The van der Waals surface area contributed by atoms with Gasteiger partial charge in [-0.2, -0.15) is 0 Å². The van der Waals surface area contributed by atoms with Gasteiger partial charge in [0.15, 0.2) is 0 Å². The van der Waals surface area contributed by atoms with E-state index in [1.165, 1.54) is 0 Å². The van der Waals surface area contributed by atoms with Gasteiger partial charge in [0.25, 0.3) is 5.91 Å². The zero-order valence-corrected chi connectivity index (χ0v) is 14.2. The molecule has 0 bridgehead atoms. The number of hydrogen-bond donors (Lipinski definition) is 2. The molecule has 132 valence electrons. The maximum atomic E-state index is 12.4. The second-order valence-corrected chi connectivity index (χ2v) is 6.03. The third-order valence-electron chi connectivity index (χ3n) is 4.01. The molecule has 6 nitrogen and oxygen atoms in total. The lowest BCUT2D eigenvalue weighted by Crippen LogP contribution is -2.46. The van der Waals surface area contributed by atoms with Crippen LogP contribution in [0.2, 0.25) is 0 Å². The molecule has 0 unspecified atom stereocenters. The standard InChI is InChI=1S/C20H20N4O2/c21-19(25)17(11-15-7-3-1-4-8-15)23-20(26)18-13-24(14-22-18)12-16-9-5-2-6-10-16/h1-10,13-14,17H,11-12H2,(H2,21,25)(H,23,26)/t17-/m0/s1. The maximum Gasteiger partial charge on any atom is 0.272 e. The van der Waals surface area contributed by atoms with E-state index in [-0.39, 0.29) is 5.69 Å². The number of carbonyl (C=O) groups is 2. The van der Waals surface area contributed by atoms with E-state index in [0.29, 0.717) is 13.0 Å². The number of imidazole rings is 1. The molecule has 2 aromatic carbocycles. The summed E-state index contributed by atoms with van der Waals surface area (Å²) in [6.07, 6.45) is 3.59. The highest BCUT2D eigenvalue weighted by atomic mass is 16.2. The number of primary amides is 1. The van der Waals surface area contributed by atoms with Gasteiger partial charge in [0, 0.05) is 19.2 Å². The van der Waals surface area contributed by atoms with E-state index in [2.05, 4.69) is 10.3 Å². The summed E-state index contributed by atoms with van der Waals surface area (Å²) in [7, 11) is 0. The Morgan fingerprint density at radius 3 is 2.23 bits per heavy atom. The van der Waals surface area contributed by atoms with Crippen molar-refractivity contribution in [2.24, 2.45) is 5.73 Å². The molecular weight excluding hydrogens is 328 g/mol. The molecule has 0 radical (unpaired) electrons. The van der Waals surface area contributed by atoms with Crippen molar-refractivity contribution in [1.82, 2.24) is 14.9 Å². The maximum absolute atomic E-state index is 12.4. The van der Waals surface area contributed by atoms with E-state index in [0.717, 1.165) is 11.1 Å². The lowest BCUT2D eigenvalue weighted by molar-refractivity contribution is -0.119. The highest BCUT2D eigenvalue weighted by Crippen LogP contribution is 2.06. The quantitative estimate of drug-likeness (QED) is 0.682. The van der Waals surface area contributed by atoms with Crippen molar-refractivity contribution in [2.75, 3.05) is 0 Å². The minimum absolute atomic E-state index is 0.250. The molecule has 3 aromatic rings. The second kappa shape index (κ2) is 8.11. The molecular formula is C20H20N4O2. The van der Waals surface area contributed by atoms with Gasteiger partial charge in [-0.3, -0.25) is 9.59 Å². The smallest absolute Gasteiger partial charge is 0.272 e. The average Bonchev–Trinajstić information content (AvgIpc) is 3.11. The number of aromatic nitrogens is 2. The fraction of sp³-hybridized carbons (Fsp3) is 0.150. The van der Waals surface area contributed by atoms with Crippen LogP contribution in [-0.4, -0.2) is 27.4 Å². The molecule has 0 spiro atoms. The Morgan fingerprint density at radius 2 is 1.62 bits per heavy atom. The monoisotopic (exact) mass is 348 g/mol. The largest absolute Gasteiger partial charge is 0.368 e. The van der Waals surface area contributed by atoms with Gasteiger partial charge in [-0.05, 0) is 11.1 Å². The average molecular weight is 348 g/mol. The SMILES string of the molecule is NC(=O)[C@H](Cc1ccccc1)NC(=O)c1cn(Cc2ccccc2)cn1. The molecule has 0 fully saturated rings. The normalized spacial score (nSPS) is 11.7. The van der Waals surface area contributed by atoms with Crippen molar-refractivity contribution in [3.63, 3.8) is 0 Å². The zero-order chi connectivity index (χ0) is 18.4. The topological polar surface area (TPSA) is 90.0 Å². The first-order chi connectivity index (χ1) is 12.6. The van der Waals surface area contributed by atoms with E-state index < -0.39 is 17.9 Å².